The van der Waals surface area contributed by atoms with Crippen molar-refractivity contribution in [2.45, 2.75) is 285 Å². The largest absolute Gasteiger partial charge is 0.479 e. The highest BCUT2D eigenvalue weighted by Crippen LogP contribution is 2.35. The average molecular weight is 1950 g/mol. The van der Waals surface area contributed by atoms with Crippen LogP contribution in [0, 0.1) is 11.8 Å². The van der Waals surface area contributed by atoms with Gasteiger partial charge in [0.15, 0.2) is 37.4 Å². The topological polar surface area (TPSA) is 686 Å². The Kier molecular flexibility index (Phi) is 63.4. The summed E-state index contributed by atoms with van der Waals surface area (Å²) >= 11 is 0. The first-order chi connectivity index (χ1) is 63.2. The summed E-state index contributed by atoms with van der Waals surface area (Å²) in [6.45, 7) is 9.19. The molecule has 0 spiro atoms. The third-order valence-corrected chi connectivity index (χ3v) is 22.3. The van der Waals surface area contributed by atoms with E-state index < -0.39 is 168 Å². The van der Waals surface area contributed by atoms with Gasteiger partial charge < -0.3 is 159 Å². The number of aliphatic hydroxyl groups excluding tert-OH is 8. The third-order valence-electron chi connectivity index (χ3n) is 21.4. The molecule has 770 valence electrons. The van der Waals surface area contributed by atoms with E-state index >= 15 is 0 Å². The van der Waals surface area contributed by atoms with Crippen LogP contribution in [0.25, 0.3) is 0 Å². The van der Waals surface area contributed by atoms with Gasteiger partial charge in [0.2, 0.25) is 29.5 Å². The molecule has 4 saturated heterocycles. The first-order valence-electron chi connectivity index (χ1n) is 45.7. The molecule has 4 fully saturated rings. The van der Waals surface area contributed by atoms with E-state index in [1.807, 2.05) is 0 Å². The Morgan fingerprint density at radius 3 is 0.962 bits per heavy atom. The maximum absolute atomic E-state index is 12.3. The molecule has 132 heavy (non-hydrogen) atoms. The van der Waals surface area contributed by atoms with Gasteiger partial charge in [-0.1, -0.05) is 78.1 Å². The summed E-state index contributed by atoms with van der Waals surface area (Å²) in [5, 5.41) is 122. The third kappa shape index (κ3) is 53.0. The van der Waals surface area contributed by atoms with Crippen molar-refractivity contribution in [1.29, 1.82) is 0 Å². The fourth-order valence-electron chi connectivity index (χ4n) is 13.8. The molecular weight excluding hydrogens is 1810 g/mol. The van der Waals surface area contributed by atoms with Gasteiger partial charge in [0.1, 0.15) is 66.8 Å². The van der Waals surface area contributed by atoms with Crippen LogP contribution in [0.3, 0.4) is 0 Å². The average Bonchev–Trinajstić information content (AvgIpc) is 0.784. The summed E-state index contributed by atoms with van der Waals surface area (Å²) in [6.07, 6.45) is -14.4. The van der Waals surface area contributed by atoms with Crippen molar-refractivity contribution in [3.63, 3.8) is 0 Å². The molecule has 0 aliphatic carbocycles. The van der Waals surface area contributed by atoms with E-state index in [0.717, 1.165) is 70.8 Å². The lowest BCUT2D eigenvalue weighted by molar-refractivity contribution is -0.346. The summed E-state index contributed by atoms with van der Waals surface area (Å²) in [6, 6.07) is 0. The number of ether oxygens (including phenoxy) is 16. The number of rotatable bonds is 80. The maximum Gasteiger partial charge on any atom is 0.397 e. The summed E-state index contributed by atoms with van der Waals surface area (Å²) in [5.74, 6) is -5.75. The van der Waals surface area contributed by atoms with Crippen molar-refractivity contribution in [3.05, 3.63) is 0 Å². The van der Waals surface area contributed by atoms with Crippen molar-refractivity contribution in [2.75, 3.05) is 178 Å². The number of ketones is 1. The fraction of sp³-hybridized carbons (Fsp3) is 0.902. The van der Waals surface area contributed by atoms with Crippen molar-refractivity contribution >= 4 is 68.1 Å². The molecule has 5 amide bonds. The minimum absolute atomic E-state index is 0.0214. The first kappa shape index (κ1) is 119. The van der Waals surface area contributed by atoms with Gasteiger partial charge in [-0.15, -0.1) is 0 Å². The van der Waals surface area contributed by atoms with Crippen LogP contribution >= 0.6 is 0 Å². The molecule has 18 N–H and O–H groups in total. The van der Waals surface area contributed by atoms with E-state index in [0.29, 0.717) is 189 Å². The van der Waals surface area contributed by atoms with Gasteiger partial charge in [0.25, 0.3) is 0 Å². The first-order valence-corrected chi connectivity index (χ1v) is 48.4. The van der Waals surface area contributed by atoms with Crippen LogP contribution in [0.15, 0.2) is 0 Å². The number of Topliss-reactive ketones (excluding diaryl/α,β-unsaturated/α-hetero) is 1. The molecule has 50 heteroatoms. The quantitative estimate of drug-likeness (QED) is 0.0217. The summed E-state index contributed by atoms with van der Waals surface area (Å²) in [4.78, 5) is 97.8. The van der Waals surface area contributed by atoms with E-state index in [-0.39, 0.29) is 101 Å². The Morgan fingerprint density at radius 2 is 0.598 bits per heavy atom. The van der Waals surface area contributed by atoms with Crippen LogP contribution in [0.2, 0.25) is 0 Å². The number of carboxylic acid groups (broad SMARTS) is 2. The second-order valence-electron chi connectivity index (χ2n) is 32.2. The van der Waals surface area contributed by atoms with Crippen LogP contribution in [-0.4, -0.2) is 413 Å². The van der Waals surface area contributed by atoms with Crippen molar-refractivity contribution in [2.24, 2.45) is 11.8 Å². The van der Waals surface area contributed by atoms with Gasteiger partial charge in [0, 0.05) is 110 Å². The highest BCUT2D eigenvalue weighted by Gasteiger charge is 2.55. The molecule has 20 unspecified atom stereocenters. The number of unbranched alkanes of at least 4 members (excludes halogenated alkanes) is 14. The Balaban J connectivity index is 0.788. The Bertz CT molecular complexity index is 3390. The maximum atomic E-state index is 12.3. The second-order valence-corrected chi connectivity index (χ2v) is 34.4. The molecule has 0 radical (unpaired) electrons. The van der Waals surface area contributed by atoms with Gasteiger partial charge in [-0.25, -0.2) is 18.0 Å². The summed E-state index contributed by atoms with van der Waals surface area (Å²) in [5.41, 5.74) is 0. The van der Waals surface area contributed by atoms with Crippen LogP contribution in [0.5, 0.6) is 0 Å². The second kappa shape index (κ2) is 70.3. The molecule has 20 atom stereocenters. The monoisotopic (exact) mass is 1950 g/mol. The lowest BCUT2D eigenvalue weighted by Gasteiger charge is -2.45. The van der Waals surface area contributed by atoms with E-state index in [1.54, 1.807) is 0 Å². The molecule has 4 heterocycles. The summed E-state index contributed by atoms with van der Waals surface area (Å²) in [7, 11) is -9.91. The number of carbonyl (C=O) groups excluding carboxylic acids is 6. The molecule has 0 saturated carbocycles. The minimum atomic E-state index is -4.95. The number of carboxylic acids is 2. The Morgan fingerprint density at radius 1 is 0.295 bits per heavy atom. The van der Waals surface area contributed by atoms with Crippen molar-refractivity contribution in [1.82, 2.24) is 31.9 Å². The number of hydrogen-bond acceptors (Lipinski definition) is 39. The molecule has 0 bridgehead atoms. The van der Waals surface area contributed by atoms with Crippen LogP contribution in [0.1, 0.15) is 174 Å². The molecule has 4 aliphatic rings. The smallest absolute Gasteiger partial charge is 0.397 e. The Labute approximate surface area is 771 Å². The Hall–Kier alpha value is -5.30. The van der Waals surface area contributed by atoms with E-state index in [4.69, 9.17) is 84.9 Å². The number of hydrogen-bond donors (Lipinski definition) is 18. The van der Waals surface area contributed by atoms with E-state index in [9.17, 15) is 106 Å². The highest BCUT2D eigenvalue weighted by molar-refractivity contribution is 7.81. The number of carbonyl (C=O) groups is 8. The van der Waals surface area contributed by atoms with E-state index in [1.165, 1.54) is 13.8 Å². The molecule has 4 rings (SSSR count). The SMILES string of the molecule is CC1C(OC2C(C(=O)O)OC(OCCCCCCNC(=O)CCOCCOCCOCCNC(=O)CCCCCCCNCC(=O)CCOCCCOCCC(=O)NCCCCCCCC(=O)NCCOCCOCCOCCC(=O)NCCCCCCOC3OC(C(=O)O)C(OC4OC(COS(=O)(=O)O)C(O)C(O)C4C)C(O)C3O)C(O)C2O)OC(COS(=O)(=O)O)C(O)C1O. The van der Waals surface area contributed by atoms with Crippen LogP contribution in [0.4, 0.5) is 0 Å². The molecule has 0 aromatic rings. The number of amides is 5. The zero-order valence-electron chi connectivity index (χ0n) is 75.7. The van der Waals surface area contributed by atoms with Gasteiger partial charge >= 0.3 is 32.7 Å². The van der Waals surface area contributed by atoms with Crippen LogP contribution < -0.4 is 31.9 Å². The lowest BCUT2D eigenvalue weighted by Crippen LogP contribution is -2.64. The molecule has 4 aliphatic heterocycles. The lowest BCUT2D eigenvalue weighted by atomic mass is 9.92. The van der Waals surface area contributed by atoms with E-state index in [2.05, 4.69) is 40.3 Å². The molecule has 48 nitrogen and oxygen atoms in total. The predicted octanol–water partition coefficient (Wildman–Crippen LogP) is -2.72. The predicted molar refractivity (Wildman–Crippen MR) is 458 cm³/mol. The van der Waals surface area contributed by atoms with Gasteiger partial charge in [-0.3, -0.25) is 37.9 Å². The molecule has 0 aromatic carbocycles. The summed E-state index contributed by atoms with van der Waals surface area (Å²) < 4.78 is 159. The van der Waals surface area contributed by atoms with Crippen LogP contribution in [-0.2, 0) is 143 Å². The minimum Gasteiger partial charge on any atom is -0.479 e. The van der Waals surface area contributed by atoms with Gasteiger partial charge in [0.05, 0.1) is 124 Å². The number of nitrogens with one attached hydrogen (secondary N) is 6. The zero-order chi connectivity index (χ0) is 96.9. The number of aliphatic carboxylic acids is 2. The van der Waals surface area contributed by atoms with Crippen molar-refractivity contribution < 1.29 is 200 Å². The fourth-order valence-corrected chi connectivity index (χ4v) is 14.4. The van der Waals surface area contributed by atoms with Crippen molar-refractivity contribution in [3.8, 4) is 0 Å². The standard InChI is InChI=1S/C82H148N6O42S2/c1-55-65(95)67(97)58(53-123-131(107,108)109)125-79(55)127-73-69(99)71(101)81(129-75(73)77(103)104)121-36-19-11-9-17-30-85-63(93)26-40-115-44-48-119-50-46-117-42-32-87-60(90)22-13-5-3-7-15-28-83-52-57(89)24-38-113-34-21-35-114-39-25-62(92)84-29-16-8-4-6-14-23-61(91)88-33-43-118-47-51-120-49-45-116-41-27-64(94)86-31-18-10-12-20-37-122-82-72(102)70(100)74(76(130-82)78(105)106)128-80-56(2)66(96)68(98)59(126-80)54-124-132(110,111)112/h55-56,58-59,65-76,79-83,95-102H,3-54H2,1-2H3,(H,84,92)(H,85,93)(H,86,94)(H,87,90)(H,88,91)(H,103,104)(H,105,106)(H,107,108,109)(H,110,111,112). The zero-order valence-corrected chi connectivity index (χ0v) is 77.4. The highest BCUT2D eigenvalue weighted by atomic mass is 32.3. The molecule has 0 aromatic heterocycles. The number of aliphatic hydroxyl groups is 8. The van der Waals surface area contributed by atoms with Gasteiger partial charge in [-0.2, -0.15) is 16.8 Å². The normalized spacial score (nSPS) is 25.8. The molecular formula is C82H148N6O42S2. The van der Waals surface area contributed by atoms with Gasteiger partial charge in [-0.05, 0) is 64.3 Å².